The first kappa shape index (κ1) is 58.4. The second kappa shape index (κ2) is 50.0. The van der Waals surface area contributed by atoms with E-state index in [1.807, 2.05) is 0 Å². The third-order valence-electron chi connectivity index (χ3n) is 11.3. The highest BCUT2D eigenvalue weighted by atomic mass is 16.6. The number of allylic oxidation sites excluding steroid dienone is 8. The van der Waals surface area contributed by atoms with Crippen LogP contribution in [0.1, 0.15) is 265 Å². The quantitative estimate of drug-likeness (QED) is 0.0263. The van der Waals surface area contributed by atoms with Crippen molar-refractivity contribution in [2.45, 2.75) is 271 Å². The van der Waals surface area contributed by atoms with E-state index < -0.39 is 6.10 Å². The lowest BCUT2D eigenvalue weighted by Crippen LogP contribution is -2.30. The normalized spacial score (nSPS) is 12.4. The van der Waals surface area contributed by atoms with Crippen molar-refractivity contribution in [1.82, 2.24) is 0 Å². The zero-order chi connectivity index (χ0) is 44.4. The van der Waals surface area contributed by atoms with Crippen LogP contribution in [-0.2, 0) is 28.6 Å². The molecule has 0 aliphatic rings. The molecule has 6 nitrogen and oxygen atoms in total. The Balaban J connectivity index is 4.25. The molecule has 0 aliphatic heterocycles. The van der Waals surface area contributed by atoms with Crippen molar-refractivity contribution >= 4 is 17.9 Å². The Bertz CT molecular complexity index is 1070. The molecule has 0 aromatic heterocycles. The van der Waals surface area contributed by atoms with Gasteiger partial charge in [-0.15, -0.1) is 0 Å². The van der Waals surface area contributed by atoms with Crippen LogP contribution in [0.2, 0.25) is 0 Å². The van der Waals surface area contributed by atoms with Crippen LogP contribution in [0.25, 0.3) is 0 Å². The first-order chi connectivity index (χ1) is 30.0. The molecule has 0 aromatic rings. The zero-order valence-corrected chi connectivity index (χ0v) is 40.4. The Hall–Kier alpha value is -2.63. The van der Waals surface area contributed by atoms with E-state index in [0.717, 1.165) is 89.9 Å². The summed E-state index contributed by atoms with van der Waals surface area (Å²) in [4.78, 5) is 37.9. The van der Waals surface area contributed by atoms with Crippen LogP contribution < -0.4 is 0 Å². The highest BCUT2D eigenvalue weighted by Gasteiger charge is 2.19. The third-order valence-corrected chi connectivity index (χ3v) is 11.3. The van der Waals surface area contributed by atoms with E-state index in [1.54, 1.807) is 0 Å². The molecule has 0 amide bonds. The molecule has 0 N–H and O–H groups in total. The van der Waals surface area contributed by atoms with Gasteiger partial charge in [0.15, 0.2) is 6.10 Å². The van der Waals surface area contributed by atoms with Crippen LogP contribution in [0.3, 0.4) is 0 Å². The smallest absolute Gasteiger partial charge is 0.306 e. The van der Waals surface area contributed by atoms with Crippen LogP contribution in [0.4, 0.5) is 0 Å². The predicted octanol–water partition coefficient (Wildman–Crippen LogP) is 17.1. The van der Waals surface area contributed by atoms with Gasteiger partial charge >= 0.3 is 17.9 Å². The average molecular weight is 855 g/mol. The van der Waals surface area contributed by atoms with Gasteiger partial charge < -0.3 is 14.2 Å². The molecule has 1 atom stereocenters. The second-order valence-electron chi connectivity index (χ2n) is 17.4. The second-order valence-corrected chi connectivity index (χ2v) is 17.4. The van der Waals surface area contributed by atoms with Crippen LogP contribution >= 0.6 is 0 Å². The van der Waals surface area contributed by atoms with Gasteiger partial charge in [0, 0.05) is 19.3 Å². The maximum absolute atomic E-state index is 12.8. The van der Waals surface area contributed by atoms with Gasteiger partial charge in [0.05, 0.1) is 0 Å². The lowest BCUT2D eigenvalue weighted by Gasteiger charge is -2.18. The molecular formula is C55H98O6. The Morgan fingerprint density at radius 2 is 0.639 bits per heavy atom. The van der Waals surface area contributed by atoms with E-state index in [4.69, 9.17) is 14.2 Å². The number of ether oxygens (including phenoxy) is 3. The van der Waals surface area contributed by atoms with Gasteiger partial charge in [-0.3, -0.25) is 14.4 Å². The number of carbonyl (C=O) groups is 3. The van der Waals surface area contributed by atoms with E-state index >= 15 is 0 Å². The summed E-state index contributed by atoms with van der Waals surface area (Å²) in [6.07, 6.45) is 59.6. The minimum Gasteiger partial charge on any atom is -0.462 e. The minimum absolute atomic E-state index is 0.0724. The highest BCUT2D eigenvalue weighted by molar-refractivity contribution is 5.71. The Labute approximate surface area is 378 Å². The highest BCUT2D eigenvalue weighted by Crippen LogP contribution is 2.16. The molecule has 0 spiro atoms. The molecule has 354 valence electrons. The molecule has 0 rings (SSSR count). The molecule has 0 aliphatic carbocycles. The van der Waals surface area contributed by atoms with Gasteiger partial charge in [0.25, 0.3) is 0 Å². The first-order valence-electron chi connectivity index (χ1n) is 26.1. The Kier molecular flexibility index (Phi) is 47.9. The van der Waals surface area contributed by atoms with E-state index in [0.29, 0.717) is 19.3 Å². The summed E-state index contributed by atoms with van der Waals surface area (Å²) in [6.45, 7) is 6.51. The monoisotopic (exact) mass is 855 g/mol. The Morgan fingerprint density at radius 1 is 0.344 bits per heavy atom. The van der Waals surface area contributed by atoms with Crippen molar-refractivity contribution in [3.8, 4) is 0 Å². The maximum atomic E-state index is 12.8. The fraction of sp³-hybridized carbons (Fsp3) is 0.800. The molecule has 6 heteroatoms. The van der Waals surface area contributed by atoms with Crippen molar-refractivity contribution in [3.05, 3.63) is 48.6 Å². The Morgan fingerprint density at radius 3 is 1.00 bits per heavy atom. The SMILES string of the molecule is CC/C=C\C/C=C\C/C=C\C/C=C\CCCCCCCCCCC(=O)OCC(COC(=O)CCCCCCCCCC)OC(=O)CCCCCCCCCCCCCCCC. The summed E-state index contributed by atoms with van der Waals surface area (Å²) < 4.78 is 16.8. The number of carbonyl (C=O) groups excluding carboxylic acids is 3. The summed E-state index contributed by atoms with van der Waals surface area (Å²) in [5.74, 6) is -0.876. The fourth-order valence-corrected chi connectivity index (χ4v) is 7.43. The summed E-state index contributed by atoms with van der Waals surface area (Å²) in [7, 11) is 0. The number of hydrogen-bond acceptors (Lipinski definition) is 6. The number of esters is 3. The van der Waals surface area contributed by atoms with Gasteiger partial charge in [0.1, 0.15) is 13.2 Å². The topological polar surface area (TPSA) is 78.9 Å². The van der Waals surface area contributed by atoms with E-state index in [1.165, 1.54) is 135 Å². The molecule has 1 unspecified atom stereocenters. The maximum Gasteiger partial charge on any atom is 0.306 e. The van der Waals surface area contributed by atoms with Crippen molar-refractivity contribution in [3.63, 3.8) is 0 Å². The van der Waals surface area contributed by atoms with E-state index in [-0.39, 0.29) is 31.1 Å². The number of hydrogen-bond donors (Lipinski definition) is 0. The molecule has 0 bridgehead atoms. The summed E-state index contributed by atoms with van der Waals surface area (Å²) >= 11 is 0. The van der Waals surface area contributed by atoms with Gasteiger partial charge in [-0.05, 0) is 57.8 Å². The van der Waals surface area contributed by atoms with Gasteiger partial charge in [-0.1, -0.05) is 236 Å². The summed E-state index contributed by atoms with van der Waals surface area (Å²) in [5, 5.41) is 0. The molecule has 0 fully saturated rings. The fourth-order valence-electron chi connectivity index (χ4n) is 7.43. The predicted molar refractivity (Wildman–Crippen MR) is 261 cm³/mol. The van der Waals surface area contributed by atoms with Crippen molar-refractivity contribution < 1.29 is 28.6 Å². The van der Waals surface area contributed by atoms with E-state index in [2.05, 4.69) is 69.4 Å². The lowest BCUT2D eigenvalue weighted by molar-refractivity contribution is -0.167. The third kappa shape index (κ3) is 48.3. The average Bonchev–Trinajstić information content (AvgIpc) is 3.26. The molecule has 0 radical (unpaired) electrons. The van der Waals surface area contributed by atoms with Crippen LogP contribution in [0, 0.1) is 0 Å². The lowest BCUT2D eigenvalue weighted by atomic mass is 10.0. The molecule has 0 saturated carbocycles. The summed E-state index contributed by atoms with van der Waals surface area (Å²) in [5.41, 5.74) is 0. The molecule has 0 aromatic carbocycles. The molecule has 61 heavy (non-hydrogen) atoms. The molecule has 0 heterocycles. The zero-order valence-electron chi connectivity index (χ0n) is 40.4. The van der Waals surface area contributed by atoms with Crippen LogP contribution in [-0.4, -0.2) is 37.2 Å². The first-order valence-corrected chi connectivity index (χ1v) is 26.1. The number of unbranched alkanes of at least 4 members (excludes halogenated alkanes) is 28. The molecule has 0 saturated heterocycles. The largest absolute Gasteiger partial charge is 0.462 e. The minimum atomic E-state index is -0.770. The number of rotatable bonds is 47. The van der Waals surface area contributed by atoms with Crippen molar-refractivity contribution in [1.29, 1.82) is 0 Å². The van der Waals surface area contributed by atoms with Gasteiger partial charge in [-0.2, -0.15) is 0 Å². The summed E-state index contributed by atoms with van der Waals surface area (Å²) in [6, 6.07) is 0. The van der Waals surface area contributed by atoms with Crippen LogP contribution in [0.15, 0.2) is 48.6 Å². The van der Waals surface area contributed by atoms with E-state index in [9.17, 15) is 14.4 Å². The van der Waals surface area contributed by atoms with Gasteiger partial charge in [-0.25, -0.2) is 0 Å². The van der Waals surface area contributed by atoms with Gasteiger partial charge in [0.2, 0.25) is 0 Å². The van der Waals surface area contributed by atoms with Crippen LogP contribution in [0.5, 0.6) is 0 Å². The molecular weight excluding hydrogens is 757 g/mol. The standard InChI is InChI=1S/C55H98O6/c1-4-7-10-13-16-19-21-23-25-26-27-28-29-30-31-33-34-36-39-42-45-48-54(57)60-51-52(50-59-53(56)47-44-41-38-18-15-12-9-6-3)61-55(58)49-46-43-40-37-35-32-24-22-20-17-14-11-8-5-2/h7,10,16,19,23,25,27-28,52H,4-6,8-9,11-15,17-18,20-22,24,26,29-51H2,1-3H3/b10-7-,19-16-,25-23-,28-27-. The van der Waals surface area contributed by atoms with Crippen molar-refractivity contribution in [2.75, 3.05) is 13.2 Å². The van der Waals surface area contributed by atoms with Crippen molar-refractivity contribution in [2.24, 2.45) is 0 Å².